The Bertz CT molecular complexity index is 1290. The van der Waals surface area contributed by atoms with Crippen molar-refractivity contribution < 1.29 is 32.3 Å². The summed E-state index contributed by atoms with van der Waals surface area (Å²) in [5.41, 5.74) is 1.88. The second-order valence-electron chi connectivity index (χ2n) is 7.86. The lowest BCUT2D eigenvalue weighted by Gasteiger charge is -2.12. The third kappa shape index (κ3) is 7.88. The molecular weight excluding hydrogens is 492 g/mol. The summed E-state index contributed by atoms with van der Waals surface area (Å²) in [5, 5.41) is 11.0. The van der Waals surface area contributed by atoms with E-state index < -0.39 is 22.1 Å². The van der Waals surface area contributed by atoms with Crippen molar-refractivity contribution in [2.75, 3.05) is 6.26 Å². The topological polar surface area (TPSA) is 125 Å². The average Bonchev–Trinajstić information content (AvgIpc) is 3.46. The van der Waals surface area contributed by atoms with Crippen molar-refractivity contribution in [2.45, 2.75) is 39.2 Å². The van der Waals surface area contributed by atoms with Gasteiger partial charge in [-0.05, 0) is 41.6 Å². The fraction of sp³-hybridized carbons (Fsp3) is 0.292. The Balaban J connectivity index is 1.97. The molecule has 3 rings (SSSR count). The van der Waals surface area contributed by atoms with Crippen LogP contribution in [0.4, 0.5) is 0 Å². The number of thiophene rings is 1. The Morgan fingerprint density at radius 1 is 1.20 bits per heavy atom. The number of carbonyl (C=O) groups excluding carboxylic acids is 1. The lowest BCUT2D eigenvalue weighted by Crippen LogP contribution is -2.14. The van der Waals surface area contributed by atoms with Crippen molar-refractivity contribution in [1.82, 2.24) is 9.55 Å². The Morgan fingerprint density at radius 3 is 2.54 bits per heavy atom. The summed E-state index contributed by atoms with van der Waals surface area (Å²) in [7, 11) is -3.98. The van der Waals surface area contributed by atoms with E-state index in [0.29, 0.717) is 12.2 Å². The zero-order valence-corrected chi connectivity index (χ0v) is 21.0. The van der Waals surface area contributed by atoms with Crippen molar-refractivity contribution in [3.63, 3.8) is 0 Å². The minimum Gasteiger partial charge on any atom is -0.478 e. The van der Waals surface area contributed by atoms with Crippen LogP contribution in [0.25, 0.3) is 6.08 Å². The molecule has 0 aliphatic carbocycles. The summed E-state index contributed by atoms with van der Waals surface area (Å²) in [6, 6.07) is 10.3. The number of carboxylic acid groups (broad SMARTS) is 1. The van der Waals surface area contributed by atoms with Crippen molar-refractivity contribution in [2.24, 2.45) is 0 Å². The van der Waals surface area contributed by atoms with E-state index in [0.717, 1.165) is 41.8 Å². The number of hydrogen-bond donors (Lipinski definition) is 1. The molecule has 2 heterocycles. The molecule has 0 aliphatic rings. The monoisotopic (exact) mass is 518 g/mol. The maximum absolute atomic E-state index is 12.7. The highest BCUT2D eigenvalue weighted by Gasteiger charge is 2.19. The van der Waals surface area contributed by atoms with Gasteiger partial charge in [-0.2, -0.15) is 8.42 Å². The largest absolute Gasteiger partial charge is 0.478 e. The molecule has 11 heteroatoms. The highest BCUT2D eigenvalue weighted by atomic mass is 32.2. The first-order valence-corrected chi connectivity index (χ1v) is 13.6. The number of unbranched alkanes of at least 4 members (excludes halogenated alkanes) is 1. The quantitative estimate of drug-likeness (QED) is 0.216. The molecule has 0 fully saturated rings. The van der Waals surface area contributed by atoms with Gasteiger partial charge in [-0.3, -0.25) is 4.89 Å². The predicted molar refractivity (Wildman–Crippen MR) is 131 cm³/mol. The molecule has 9 nitrogen and oxygen atoms in total. The van der Waals surface area contributed by atoms with Crippen LogP contribution >= 0.6 is 11.3 Å². The number of imidazole rings is 1. The smallest absolute Gasteiger partial charge is 0.371 e. The molecule has 1 N–H and O–H groups in total. The van der Waals surface area contributed by atoms with E-state index in [4.69, 9.17) is 5.11 Å². The van der Waals surface area contributed by atoms with E-state index >= 15 is 0 Å². The molecule has 3 aromatic rings. The van der Waals surface area contributed by atoms with E-state index in [-0.39, 0.29) is 17.6 Å². The van der Waals surface area contributed by atoms with Gasteiger partial charge in [-0.25, -0.2) is 14.6 Å². The van der Waals surface area contributed by atoms with Crippen LogP contribution in [0.2, 0.25) is 0 Å². The number of rotatable bonds is 12. The zero-order valence-electron chi connectivity index (χ0n) is 19.3. The predicted octanol–water partition coefficient (Wildman–Crippen LogP) is 4.09. The fourth-order valence-corrected chi connectivity index (χ4v) is 4.22. The fourth-order valence-electron chi connectivity index (χ4n) is 3.30. The van der Waals surface area contributed by atoms with Crippen LogP contribution in [0.1, 0.15) is 52.1 Å². The number of aromatic carboxylic acids is 1. The van der Waals surface area contributed by atoms with Gasteiger partial charge in [-0.15, -0.1) is 11.3 Å². The highest BCUT2D eigenvalue weighted by molar-refractivity contribution is 7.85. The molecular formula is C24H26N2O7S2. The number of benzene rings is 1. The molecule has 0 aliphatic heterocycles. The molecule has 0 bridgehead atoms. The van der Waals surface area contributed by atoms with Crippen molar-refractivity contribution in [3.8, 4) is 0 Å². The van der Waals surface area contributed by atoms with Gasteiger partial charge >= 0.3 is 11.9 Å². The molecule has 1 aromatic carbocycles. The lowest BCUT2D eigenvalue weighted by atomic mass is 10.1. The molecule has 0 radical (unpaired) electrons. The molecule has 2 aromatic heterocycles. The number of hydrogen-bond acceptors (Lipinski definition) is 8. The normalized spacial score (nSPS) is 12.0. The average molecular weight is 519 g/mol. The first kappa shape index (κ1) is 26.3. The van der Waals surface area contributed by atoms with Crippen LogP contribution in [0, 0.1) is 0 Å². The molecule has 35 heavy (non-hydrogen) atoms. The third-order valence-corrected chi connectivity index (χ3v) is 6.22. The molecule has 0 spiro atoms. The Kier molecular flexibility index (Phi) is 8.96. The Morgan fingerprint density at radius 2 is 1.94 bits per heavy atom. The molecule has 0 amide bonds. The van der Waals surface area contributed by atoms with Gasteiger partial charge in [0.2, 0.25) is 0 Å². The van der Waals surface area contributed by atoms with E-state index in [9.17, 15) is 18.0 Å². The molecule has 0 saturated carbocycles. The van der Waals surface area contributed by atoms with Crippen LogP contribution in [-0.2, 0) is 43.5 Å². The zero-order chi connectivity index (χ0) is 25.4. The summed E-state index contributed by atoms with van der Waals surface area (Å²) >= 11 is 1.45. The Hall–Kier alpha value is -3.28. The number of carbonyl (C=O) groups is 2. The van der Waals surface area contributed by atoms with Gasteiger partial charge in [0.25, 0.3) is 10.1 Å². The standard InChI is InChI=1S/C24H26N2O7S2/c1-3-4-7-22-25-15-20(26(22)16-17-8-10-18(11-9-17)23(27)28)13-19(14-21-6-5-12-34-21)24(29)32-33-35(2,30)31/h5-6,8-13,15H,3-4,7,14,16H2,1-2H3,(H,27,28)/b19-13+. The summed E-state index contributed by atoms with van der Waals surface area (Å²) in [6.07, 6.45) is 6.88. The molecule has 186 valence electrons. The van der Waals surface area contributed by atoms with Gasteiger partial charge in [0.15, 0.2) is 0 Å². The first-order valence-electron chi connectivity index (χ1n) is 10.9. The second-order valence-corrected chi connectivity index (χ2v) is 10.4. The maximum atomic E-state index is 12.7. The van der Waals surface area contributed by atoms with Gasteiger partial charge < -0.3 is 9.67 Å². The lowest BCUT2D eigenvalue weighted by molar-refractivity contribution is -0.205. The van der Waals surface area contributed by atoms with Crippen molar-refractivity contribution in [3.05, 3.63) is 81.1 Å². The summed E-state index contributed by atoms with van der Waals surface area (Å²) in [4.78, 5) is 33.9. The van der Waals surface area contributed by atoms with Crippen molar-refractivity contribution >= 4 is 39.5 Å². The van der Waals surface area contributed by atoms with E-state index in [1.807, 2.05) is 22.1 Å². The van der Waals surface area contributed by atoms with Crippen LogP contribution < -0.4 is 0 Å². The molecule has 0 saturated heterocycles. The second kappa shape index (κ2) is 11.9. The number of aromatic nitrogens is 2. The van der Waals surface area contributed by atoms with Crippen LogP contribution in [0.15, 0.2) is 53.5 Å². The van der Waals surface area contributed by atoms with E-state index in [1.54, 1.807) is 24.4 Å². The van der Waals surface area contributed by atoms with E-state index in [1.165, 1.54) is 23.5 Å². The number of carboxylic acids is 1. The van der Waals surface area contributed by atoms with Gasteiger partial charge in [0.05, 0.1) is 23.7 Å². The minimum atomic E-state index is -3.98. The van der Waals surface area contributed by atoms with Crippen LogP contribution in [0.5, 0.6) is 0 Å². The molecule has 0 atom stereocenters. The van der Waals surface area contributed by atoms with Crippen molar-refractivity contribution in [1.29, 1.82) is 0 Å². The third-order valence-electron chi connectivity index (χ3n) is 5.03. The first-order chi connectivity index (χ1) is 16.7. The SMILES string of the molecule is CCCCc1ncc(/C=C(\Cc2cccs2)C(=O)OOS(C)(=O)=O)n1Cc1ccc(C(=O)O)cc1. The van der Waals surface area contributed by atoms with Gasteiger partial charge in [0, 0.05) is 29.8 Å². The summed E-state index contributed by atoms with van der Waals surface area (Å²) in [5.74, 6) is -1.10. The summed E-state index contributed by atoms with van der Waals surface area (Å²) in [6.45, 7) is 2.49. The number of aryl methyl sites for hydroxylation is 1. The Labute approximate surface area is 207 Å². The maximum Gasteiger partial charge on any atom is 0.371 e. The highest BCUT2D eigenvalue weighted by Crippen LogP contribution is 2.21. The van der Waals surface area contributed by atoms with Gasteiger partial charge in [-0.1, -0.05) is 35.9 Å². The van der Waals surface area contributed by atoms with Gasteiger partial charge in [0.1, 0.15) is 5.82 Å². The number of nitrogens with zero attached hydrogens (tertiary/aromatic N) is 2. The van der Waals surface area contributed by atoms with Crippen LogP contribution in [0.3, 0.4) is 0 Å². The summed E-state index contributed by atoms with van der Waals surface area (Å²) < 4.78 is 28.8. The minimum absolute atomic E-state index is 0.192. The van der Waals surface area contributed by atoms with Crippen LogP contribution in [-0.4, -0.2) is 41.3 Å². The molecule has 0 unspecified atom stereocenters. The van der Waals surface area contributed by atoms with E-state index in [2.05, 4.69) is 21.1 Å².